The van der Waals surface area contributed by atoms with Crippen LogP contribution in [0.4, 0.5) is 8.78 Å². The first-order chi connectivity index (χ1) is 9.70. The molecule has 5 heteroatoms. The van der Waals surface area contributed by atoms with Crippen LogP contribution in [0.2, 0.25) is 0 Å². The summed E-state index contributed by atoms with van der Waals surface area (Å²) in [7, 11) is 0. The molecule has 0 unspecified atom stereocenters. The van der Waals surface area contributed by atoms with E-state index in [2.05, 4.69) is 10.2 Å². The fourth-order valence-electron chi connectivity index (χ4n) is 2.61. The number of nitrogens with one attached hydrogen (secondary N) is 1. The van der Waals surface area contributed by atoms with Crippen LogP contribution >= 0.6 is 0 Å². The van der Waals surface area contributed by atoms with Crippen molar-refractivity contribution in [2.45, 2.75) is 25.8 Å². The molecule has 0 amide bonds. The van der Waals surface area contributed by atoms with Crippen molar-refractivity contribution in [3.8, 4) is 5.75 Å². The van der Waals surface area contributed by atoms with Crippen LogP contribution in [0.25, 0.3) is 0 Å². The monoisotopic (exact) mass is 284 g/mol. The lowest BCUT2D eigenvalue weighted by molar-refractivity contribution is 0.0739. The maximum Gasteiger partial charge on any atom is 0.240 e. The van der Waals surface area contributed by atoms with Gasteiger partial charge < -0.3 is 10.1 Å². The lowest BCUT2D eigenvalue weighted by Crippen LogP contribution is -2.45. The molecule has 0 aliphatic carbocycles. The Labute approximate surface area is 118 Å². The highest BCUT2D eigenvalue weighted by Crippen LogP contribution is 2.28. The number of hydrogen-bond donors (Lipinski definition) is 1. The summed E-state index contributed by atoms with van der Waals surface area (Å²) in [6.07, 6.45) is -2.41. The van der Waals surface area contributed by atoms with E-state index in [1.807, 2.05) is 31.2 Å². The second-order valence-electron chi connectivity index (χ2n) is 4.93. The van der Waals surface area contributed by atoms with Crippen LogP contribution in [0.5, 0.6) is 5.75 Å². The van der Waals surface area contributed by atoms with Crippen molar-refractivity contribution in [2.24, 2.45) is 0 Å². The molecule has 1 saturated heterocycles. The Morgan fingerprint density at radius 2 is 1.85 bits per heavy atom. The van der Waals surface area contributed by atoms with E-state index in [0.717, 1.165) is 37.5 Å². The summed E-state index contributed by atoms with van der Waals surface area (Å²) in [6.45, 7) is 5.87. The van der Waals surface area contributed by atoms with Crippen molar-refractivity contribution in [3.05, 3.63) is 29.8 Å². The zero-order chi connectivity index (χ0) is 14.4. The van der Waals surface area contributed by atoms with E-state index in [0.29, 0.717) is 6.61 Å². The van der Waals surface area contributed by atoms with Crippen molar-refractivity contribution in [2.75, 3.05) is 32.8 Å². The smallest absolute Gasteiger partial charge is 0.240 e. The maximum atomic E-state index is 12.9. The Morgan fingerprint density at radius 3 is 2.40 bits per heavy atom. The maximum absolute atomic E-state index is 12.9. The van der Waals surface area contributed by atoms with Crippen LogP contribution in [-0.4, -0.2) is 44.1 Å². The predicted molar refractivity (Wildman–Crippen MR) is 75.4 cm³/mol. The van der Waals surface area contributed by atoms with Gasteiger partial charge in [-0.1, -0.05) is 12.1 Å². The van der Waals surface area contributed by atoms with Crippen molar-refractivity contribution >= 4 is 0 Å². The number of piperazine rings is 1. The molecule has 0 saturated carbocycles. The molecule has 1 aromatic carbocycles. The fourth-order valence-corrected chi connectivity index (χ4v) is 2.61. The molecule has 2 rings (SSSR count). The summed E-state index contributed by atoms with van der Waals surface area (Å²) in [6, 6.07) is 7.31. The topological polar surface area (TPSA) is 24.5 Å². The number of ether oxygens (including phenoxy) is 1. The molecule has 20 heavy (non-hydrogen) atoms. The summed E-state index contributed by atoms with van der Waals surface area (Å²) in [5, 5.41) is 3.25. The third-order valence-corrected chi connectivity index (χ3v) is 3.57. The van der Waals surface area contributed by atoms with E-state index in [1.165, 1.54) is 0 Å². The molecular formula is C15H22F2N2O. The molecule has 1 aromatic rings. The highest BCUT2D eigenvalue weighted by molar-refractivity contribution is 5.29. The average molecular weight is 284 g/mol. The van der Waals surface area contributed by atoms with Gasteiger partial charge in [0.05, 0.1) is 6.61 Å². The Kier molecular flexibility index (Phi) is 5.73. The van der Waals surface area contributed by atoms with Gasteiger partial charge in [-0.15, -0.1) is 0 Å². The van der Waals surface area contributed by atoms with Crippen molar-refractivity contribution in [3.63, 3.8) is 0 Å². The lowest BCUT2D eigenvalue weighted by Gasteiger charge is -2.35. The van der Waals surface area contributed by atoms with Crippen molar-refractivity contribution in [1.29, 1.82) is 0 Å². The number of nitrogens with zero attached hydrogens (tertiary/aromatic N) is 1. The highest BCUT2D eigenvalue weighted by atomic mass is 19.3. The van der Waals surface area contributed by atoms with Gasteiger partial charge >= 0.3 is 0 Å². The first kappa shape index (κ1) is 15.2. The summed E-state index contributed by atoms with van der Waals surface area (Å²) in [4.78, 5) is 2.14. The molecule has 1 atom stereocenters. The Morgan fingerprint density at radius 1 is 1.20 bits per heavy atom. The second kappa shape index (κ2) is 7.55. The van der Waals surface area contributed by atoms with Gasteiger partial charge in [-0.3, -0.25) is 4.90 Å². The quantitative estimate of drug-likeness (QED) is 0.869. The van der Waals surface area contributed by atoms with Gasteiger partial charge in [0.2, 0.25) is 6.43 Å². The van der Waals surface area contributed by atoms with E-state index in [4.69, 9.17) is 4.74 Å². The average Bonchev–Trinajstić information content (AvgIpc) is 2.47. The number of benzene rings is 1. The molecule has 3 nitrogen and oxygen atoms in total. The van der Waals surface area contributed by atoms with Crippen LogP contribution in [0, 0.1) is 0 Å². The van der Waals surface area contributed by atoms with Crippen LogP contribution in [0.3, 0.4) is 0 Å². The van der Waals surface area contributed by atoms with Gasteiger partial charge in [-0.2, -0.15) is 0 Å². The third kappa shape index (κ3) is 4.15. The van der Waals surface area contributed by atoms with E-state index in [9.17, 15) is 8.78 Å². The summed E-state index contributed by atoms with van der Waals surface area (Å²) >= 11 is 0. The number of rotatable bonds is 6. The first-order valence-electron chi connectivity index (χ1n) is 7.16. The summed E-state index contributed by atoms with van der Waals surface area (Å²) in [5.74, 6) is 0.785. The third-order valence-electron chi connectivity index (χ3n) is 3.57. The SMILES string of the molecule is CCOc1ccc([C@@H](CC(F)F)N2CCNCC2)cc1. The van der Waals surface area contributed by atoms with Crippen LogP contribution in [0.1, 0.15) is 24.9 Å². The second-order valence-corrected chi connectivity index (χ2v) is 4.93. The molecule has 0 bridgehead atoms. The highest BCUT2D eigenvalue weighted by Gasteiger charge is 2.25. The normalized spacial score (nSPS) is 18.2. The number of alkyl halides is 2. The zero-order valence-electron chi connectivity index (χ0n) is 11.8. The van der Waals surface area contributed by atoms with E-state index < -0.39 is 6.43 Å². The molecule has 1 aliphatic heterocycles. The molecule has 1 aliphatic rings. The lowest BCUT2D eigenvalue weighted by atomic mass is 10.0. The predicted octanol–water partition coefficient (Wildman–Crippen LogP) is 2.69. The van der Waals surface area contributed by atoms with Crippen molar-refractivity contribution in [1.82, 2.24) is 10.2 Å². The Balaban J connectivity index is 2.12. The molecular weight excluding hydrogens is 262 g/mol. The van der Waals surface area contributed by atoms with Crippen molar-refractivity contribution < 1.29 is 13.5 Å². The van der Waals surface area contributed by atoms with Gasteiger partial charge in [0.1, 0.15) is 5.75 Å². The molecule has 0 spiro atoms. The van der Waals surface area contributed by atoms with Gasteiger partial charge in [-0.05, 0) is 24.6 Å². The van der Waals surface area contributed by atoms with Crippen LogP contribution in [-0.2, 0) is 0 Å². The fraction of sp³-hybridized carbons (Fsp3) is 0.600. The number of halogens is 2. The minimum absolute atomic E-state index is 0.117. The number of hydrogen-bond acceptors (Lipinski definition) is 3. The Hall–Kier alpha value is -1.20. The molecule has 112 valence electrons. The minimum Gasteiger partial charge on any atom is -0.494 e. The largest absolute Gasteiger partial charge is 0.494 e. The minimum atomic E-state index is -2.29. The molecule has 1 heterocycles. The summed E-state index contributed by atoms with van der Waals surface area (Å²) in [5.41, 5.74) is 0.940. The Bertz CT molecular complexity index is 391. The zero-order valence-corrected chi connectivity index (χ0v) is 11.8. The van der Waals surface area contributed by atoms with Gasteiger partial charge in [0, 0.05) is 38.6 Å². The van der Waals surface area contributed by atoms with E-state index in [1.54, 1.807) is 0 Å². The molecule has 1 N–H and O–H groups in total. The van der Waals surface area contributed by atoms with Gasteiger partial charge in [0.15, 0.2) is 0 Å². The van der Waals surface area contributed by atoms with Crippen LogP contribution in [0.15, 0.2) is 24.3 Å². The van der Waals surface area contributed by atoms with E-state index >= 15 is 0 Å². The van der Waals surface area contributed by atoms with Crippen LogP contribution < -0.4 is 10.1 Å². The first-order valence-corrected chi connectivity index (χ1v) is 7.16. The molecule has 0 radical (unpaired) electrons. The molecule has 1 fully saturated rings. The summed E-state index contributed by atoms with van der Waals surface area (Å²) < 4.78 is 31.1. The standard InChI is InChI=1S/C15H22F2N2O/c1-2-20-13-5-3-12(4-6-13)14(11-15(16)17)19-9-7-18-8-10-19/h3-6,14-15,18H,2,7-11H2,1H3/t14-/m1/s1. The van der Waals surface area contributed by atoms with Gasteiger partial charge in [0.25, 0.3) is 0 Å². The van der Waals surface area contributed by atoms with E-state index in [-0.39, 0.29) is 12.5 Å². The van der Waals surface area contributed by atoms with Gasteiger partial charge in [-0.25, -0.2) is 8.78 Å². The molecule has 0 aromatic heterocycles.